The SMILES string of the molecule is Clc1ccc(Nc2cc3ccccc3[n+](CCCCCc3ccccc3)c2)cc1.[I-]. The van der Waals surface area contributed by atoms with Crippen LogP contribution in [0, 0.1) is 0 Å². The van der Waals surface area contributed by atoms with Gasteiger partial charge in [0, 0.05) is 28.6 Å². The number of nitrogens with one attached hydrogen (secondary N) is 1. The number of fused-ring (bicyclic) bond motifs is 1. The molecule has 1 aromatic heterocycles. The van der Waals surface area contributed by atoms with Crippen LogP contribution in [0.1, 0.15) is 24.8 Å². The Morgan fingerprint density at radius 2 is 1.47 bits per heavy atom. The molecule has 3 aromatic carbocycles. The lowest BCUT2D eigenvalue weighted by Crippen LogP contribution is -3.00. The average Bonchev–Trinajstić information content (AvgIpc) is 2.76. The van der Waals surface area contributed by atoms with Gasteiger partial charge < -0.3 is 29.3 Å². The first-order valence-electron chi connectivity index (χ1n) is 10.3. The minimum absolute atomic E-state index is 0. The van der Waals surface area contributed by atoms with Crippen LogP contribution in [0.15, 0.2) is 91.1 Å². The molecule has 0 fully saturated rings. The summed E-state index contributed by atoms with van der Waals surface area (Å²) < 4.78 is 2.37. The van der Waals surface area contributed by atoms with Crippen molar-refractivity contribution < 1.29 is 28.5 Å². The number of unbranched alkanes of at least 4 members (excludes halogenated alkanes) is 2. The highest BCUT2D eigenvalue weighted by atomic mass is 127. The first-order valence-corrected chi connectivity index (χ1v) is 10.6. The Hall–Kier alpha value is -2.11. The first kappa shape index (κ1) is 22.6. The zero-order valence-electron chi connectivity index (χ0n) is 16.9. The third-order valence-electron chi connectivity index (χ3n) is 5.19. The summed E-state index contributed by atoms with van der Waals surface area (Å²) in [6.45, 7) is 1.02. The molecule has 30 heavy (non-hydrogen) atoms. The largest absolute Gasteiger partial charge is 1.00 e. The summed E-state index contributed by atoms with van der Waals surface area (Å²) in [4.78, 5) is 0. The van der Waals surface area contributed by atoms with E-state index in [4.69, 9.17) is 11.6 Å². The predicted octanol–water partition coefficient (Wildman–Crippen LogP) is 3.94. The highest BCUT2D eigenvalue weighted by molar-refractivity contribution is 6.30. The van der Waals surface area contributed by atoms with Crippen LogP contribution in [0.5, 0.6) is 0 Å². The number of hydrogen-bond donors (Lipinski definition) is 1. The molecule has 1 heterocycles. The molecule has 0 unspecified atom stereocenters. The van der Waals surface area contributed by atoms with Gasteiger partial charge in [-0.2, -0.15) is 4.57 Å². The van der Waals surface area contributed by atoms with Crippen LogP contribution < -0.4 is 33.9 Å². The van der Waals surface area contributed by atoms with E-state index in [-0.39, 0.29) is 24.0 Å². The second kappa shape index (κ2) is 11.3. The van der Waals surface area contributed by atoms with E-state index in [2.05, 4.69) is 76.7 Å². The van der Waals surface area contributed by atoms with Crippen LogP contribution in [0.2, 0.25) is 5.02 Å². The van der Waals surface area contributed by atoms with Crippen molar-refractivity contribution in [3.63, 3.8) is 0 Å². The van der Waals surface area contributed by atoms with Crippen molar-refractivity contribution in [1.29, 1.82) is 0 Å². The molecule has 0 atom stereocenters. The summed E-state index contributed by atoms with van der Waals surface area (Å²) >= 11 is 6.01. The molecule has 4 aromatic rings. The number of benzene rings is 3. The summed E-state index contributed by atoms with van der Waals surface area (Å²) in [5, 5.41) is 5.50. The third kappa shape index (κ3) is 6.19. The fourth-order valence-corrected chi connectivity index (χ4v) is 3.83. The molecule has 4 rings (SSSR count). The Morgan fingerprint density at radius 3 is 2.27 bits per heavy atom. The lowest BCUT2D eigenvalue weighted by atomic mass is 10.1. The summed E-state index contributed by atoms with van der Waals surface area (Å²) in [6.07, 6.45) is 7.00. The maximum absolute atomic E-state index is 6.01. The molecule has 0 amide bonds. The smallest absolute Gasteiger partial charge is 0.212 e. The average molecular weight is 529 g/mol. The van der Waals surface area contributed by atoms with Gasteiger partial charge in [0.05, 0.1) is 0 Å². The van der Waals surface area contributed by atoms with Crippen LogP contribution in [-0.4, -0.2) is 0 Å². The number of rotatable bonds is 8. The lowest BCUT2D eigenvalue weighted by molar-refractivity contribution is -0.671. The van der Waals surface area contributed by atoms with E-state index in [0.29, 0.717) is 0 Å². The van der Waals surface area contributed by atoms with Gasteiger partial charge in [0.15, 0.2) is 6.20 Å². The molecular weight excluding hydrogens is 503 g/mol. The van der Waals surface area contributed by atoms with Gasteiger partial charge >= 0.3 is 0 Å². The molecule has 0 bridgehead atoms. The number of pyridine rings is 1. The van der Waals surface area contributed by atoms with Gasteiger partial charge in [0.2, 0.25) is 5.52 Å². The van der Waals surface area contributed by atoms with E-state index >= 15 is 0 Å². The van der Waals surface area contributed by atoms with E-state index < -0.39 is 0 Å². The molecule has 0 radical (unpaired) electrons. The Morgan fingerprint density at radius 1 is 0.733 bits per heavy atom. The van der Waals surface area contributed by atoms with Gasteiger partial charge in [0.25, 0.3) is 0 Å². The van der Waals surface area contributed by atoms with Crippen molar-refractivity contribution in [3.8, 4) is 0 Å². The van der Waals surface area contributed by atoms with Crippen LogP contribution >= 0.6 is 11.6 Å². The number of aryl methyl sites for hydroxylation is 2. The van der Waals surface area contributed by atoms with Crippen molar-refractivity contribution in [2.45, 2.75) is 32.2 Å². The summed E-state index contributed by atoms with van der Waals surface area (Å²) in [7, 11) is 0. The molecule has 154 valence electrons. The first-order chi connectivity index (χ1) is 14.3. The third-order valence-corrected chi connectivity index (χ3v) is 5.44. The molecule has 0 saturated carbocycles. The van der Waals surface area contributed by atoms with Gasteiger partial charge in [-0.15, -0.1) is 0 Å². The van der Waals surface area contributed by atoms with Crippen LogP contribution in [0.4, 0.5) is 11.4 Å². The van der Waals surface area contributed by atoms with Crippen LogP contribution in [-0.2, 0) is 13.0 Å². The Bertz CT molecular complexity index is 1070. The normalized spacial score (nSPS) is 10.6. The highest BCUT2D eigenvalue weighted by Crippen LogP contribution is 2.21. The molecule has 0 aliphatic carbocycles. The second-order valence-corrected chi connectivity index (χ2v) is 7.85. The van der Waals surface area contributed by atoms with Gasteiger partial charge in [0.1, 0.15) is 12.2 Å². The Kier molecular flexibility index (Phi) is 8.52. The molecular formula is C26H26ClIN2. The summed E-state index contributed by atoms with van der Waals surface area (Å²) in [5.41, 5.74) is 4.84. The predicted molar refractivity (Wildman–Crippen MR) is 123 cm³/mol. The van der Waals surface area contributed by atoms with Crippen LogP contribution in [0.3, 0.4) is 0 Å². The van der Waals surface area contributed by atoms with Crippen molar-refractivity contribution in [3.05, 3.63) is 102 Å². The Labute approximate surface area is 200 Å². The van der Waals surface area contributed by atoms with Crippen molar-refractivity contribution in [2.24, 2.45) is 0 Å². The summed E-state index contributed by atoms with van der Waals surface area (Å²) in [6, 6.07) is 29.4. The zero-order valence-corrected chi connectivity index (χ0v) is 19.8. The maximum Gasteiger partial charge on any atom is 0.212 e. The molecule has 0 spiro atoms. The van der Waals surface area contributed by atoms with E-state index in [1.807, 2.05) is 24.3 Å². The van der Waals surface area contributed by atoms with Crippen LogP contribution in [0.25, 0.3) is 10.9 Å². The number of aromatic nitrogens is 1. The minimum Gasteiger partial charge on any atom is -1.00 e. The van der Waals surface area contributed by atoms with E-state index in [9.17, 15) is 0 Å². The van der Waals surface area contributed by atoms with Gasteiger partial charge in [-0.25, -0.2) is 0 Å². The monoisotopic (exact) mass is 528 g/mol. The highest BCUT2D eigenvalue weighted by Gasteiger charge is 2.11. The zero-order chi connectivity index (χ0) is 19.9. The van der Waals surface area contributed by atoms with Crippen molar-refractivity contribution in [2.75, 3.05) is 5.32 Å². The lowest BCUT2D eigenvalue weighted by Gasteiger charge is -2.08. The number of hydrogen-bond acceptors (Lipinski definition) is 1. The molecule has 0 aliphatic heterocycles. The van der Waals surface area contributed by atoms with Crippen molar-refractivity contribution in [1.82, 2.24) is 0 Å². The van der Waals surface area contributed by atoms with E-state index in [1.165, 1.54) is 35.7 Å². The number of nitrogens with zero attached hydrogens (tertiary/aromatic N) is 1. The fourth-order valence-electron chi connectivity index (χ4n) is 3.70. The minimum atomic E-state index is 0. The molecule has 0 saturated heterocycles. The van der Waals surface area contributed by atoms with Gasteiger partial charge in [-0.05, 0) is 61.2 Å². The topological polar surface area (TPSA) is 15.9 Å². The fraction of sp³-hybridized carbons (Fsp3) is 0.192. The van der Waals surface area contributed by atoms with E-state index in [1.54, 1.807) is 0 Å². The van der Waals surface area contributed by atoms with Gasteiger partial charge in [-0.1, -0.05) is 54.1 Å². The molecule has 2 nitrogen and oxygen atoms in total. The summed E-state index contributed by atoms with van der Waals surface area (Å²) in [5.74, 6) is 0. The second-order valence-electron chi connectivity index (χ2n) is 7.41. The van der Waals surface area contributed by atoms with Gasteiger partial charge in [-0.3, -0.25) is 0 Å². The molecule has 1 N–H and O–H groups in total. The quantitative estimate of drug-likeness (QED) is 0.208. The standard InChI is InChI=1S/C26H26ClN2.HI/c27-23-14-16-24(17-15-23)28-25-19-22-12-6-7-13-26(22)29(20-25)18-8-2-5-11-21-9-3-1-4-10-21;/h1,3-4,6-7,9-10,12-17,19-20,28H,2,5,8,11,18H2;1H/q+1;/p-1. The van der Waals surface area contributed by atoms with E-state index in [0.717, 1.165) is 29.4 Å². The van der Waals surface area contributed by atoms with Crippen molar-refractivity contribution >= 4 is 33.9 Å². The number of halogens is 2. The Balaban J connectivity index is 0.00000256. The molecule has 0 aliphatic rings. The maximum atomic E-state index is 6.01. The number of anilines is 2. The molecule has 4 heteroatoms. The number of para-hydroxylation sites is 1.